The van der Waals surface area contributed by atoms with Crippen LogP contribution in [0.3, 0.4) is 0 Å². The second-order valence-corrected chi connectivity index (χ2v) is 10.4. The molecule has 0 aliphatic rings. The van der Waals surface area contributed by atoms with Gasteiger partial charge in [-0.25, -0.2) is 0 Å². The summed E-state index contributed by atoms with van der Waals surface area (Å²) in [6.07, 6.45) is 2.75. The Balaban J connectivity index is 1.55. The third-order valence-electron chi connectivity index (χ3n) is 6.43. The molecule has 1 aromatic heterocycles. The molecule has 4 rings (SSSR count). The monoisotopic (exact) mass is 545 g/mol. The lowest BCUT2D eigenvalue weighted by Gasteiger charge is -2.30. The minimum absolute atomic E-state index is 0.0305. The molecule has 6 heteroatoms. The van der Waals surface area contributed by atoms with Crippen LogP contribution in [-0.2, 0) is 17.8 Å². The maximum atomic E-state index is 13.7. The summed E-state index contributed by atoms with van der Waals surface area (Å²) in [7, 11) is 0. The summed E-state index contributed by atoms with van der Waals surface area (Å²) in [6, 6.07) is 23.6. The molecule has 0 radical (unpaired) electrons. The van der Waals surface area contributed by atoms with Crippen molar-refractivity contribution in [1.29, 1.82) is 0 Å². The van der Waals surface area contributed by atoms with Gasteiger partial charge in [0.25, 0.3) is 5.91 Å². The number of aromatic amines is 1. The number of nitrogens with one attached hydrogen (secondary N) is 1. The molecule has 0 unspecified atom stereocenters. The summed E-state index contributed by atoms with van der Waals surface area (Å²) >= 11 is 3.44. The molecular weight excluding hydrogens is 514 g/mol. The Bertz CT molecular complexity index is 1340. The van der Waals surface area contributed by atoms with Crippen LogP contribution < -0.4 is 0 Å². The molecule has 0 fully saturated rings. The summed E-state index contributed by atoms with van der Waals surface area (Å²) in [5.74, 6) is -0.209. The maximum absolute atomic E-state index is 13.7. The van der Waals surface area contributed by atoms with Crippen LogP contribution in [0, 0.1) is 6.92 Å². The van der Waals surface area contributed by atoms with Crippen LogP contribution in [0.2, 0.25) is 0 Å². The molecule has 1 heterocycles. The van der Waals surface area contributed by atoms with Crippen LogP contribution in [-0.4, -0.2) is 45.7 Å². The molecule has 3 aromatic carbocycles. The summed E-state index contributed by atoms with van der Waals surface area (Å²) < 4.78 is 0.836. The van der Waals surface area contributed by atoms with Crippen molar-refractivity contribution >= 4 is 38.6 Å². The summed E-state index contributed by atoms with van der Waals surface area (Å²) in [5, 5.41) is 1.17. The number of amides is 2. The van der Waals surface area contributed by atoms with Crippen LogP contribution in [0.5, 0.6) is 0 Å². The third-order valence-corrected chi connectivity index (χ3v) is 6.93. The van der Waals surface area contributed by atoms with Crippen molar-refractivity contribution in [3.63, 3.8) is 0 Å². The van der Waals surface area contributed by atoms with Crippen molar-refractivity contribution in [2.45, 2.75) is 39.8 Å². The number of carbonyl (C=O) groups excluding carboxylic acids is 2. The topological polar surface area (TPSA) is 56.4 Å². The summed E-state index contributed by atoms with van der Waals surface area (Å²) in [5.41, 5.74) is 5.09. The molecule has 36 heavy (non-hydrogen) atoms. The van der Waals surface area contributed by atoms with E-state index in [2.05, 4.69) is 64.2 Å². The van der Waals surface area contributed by atoms with Crippen molar-refractivity contribution in [3.05, 3.63) is 106 Å². The average molecular weight is 547 g/mol. The number of aryl methyl sites for hydroxylation is 1. The molecule has 5 nitrogen and oxygen atoms in total. The Labute approximate surface area is 221 Å². The molecule has 186 valence electrons. The Morgan fingerprint density at radius 1 is 0.972 bits per heavy atom. The van der Waals surface area contributed by atoms with Gasteiger partial charge in [-0.15, -0.1) is 0 Å². The van der Waals surface area contributed by atoms with Gasteiger partial charge in [-0.2, -0.15) is 0 Å². The van der Waals surface area contributed by atoms with Crippen LogP contribution in [0.4, 0.5) is 0 Å². The first kappa shape index (κ1) is 25.7. The van der Waals surface area contributed by atoms with Gasteiger partial charge in [-0.1, -0.05) is 70.0 Å². The second kappa shape index (κ2) is 11.6. The number of hydrogen-bond acceptors (Lipinski definition) is 2. The highest BCUT2D eigenvalue weighted by Crippen LogP contribution is 2.20. The van der Waals surface area contributed by atoms with Crippen molar-refractivity contribution in [2.24, 2.45) is 0 Å². The number of hydrogen-bond donors (Lipinski definition) is 1. The molecule has 0 saturated heterocycles. The number of benzene rings is 3. The quantitative estimate of drug-likeness (QED) is 0.266. The van der Waals surface area contributed by atoms with E-state index in [1.165, 1.54) is 16.5 Å². The molecular formula is C30H32BrN3O2. The number of aromatic nitrogens is 1. The standard InChI is InChI=1S/C30H32BrN3O2/c1-21(2)34(30(36)24-7-6-8-26(31)17-24)20-29(35)33(19-23-13-11-22(3)12-14-23)16-15-25-18-32-28-10-5-4-9-27(25)28/h4-14,17-18,21,32H,15-16,19-20H2,1-3H3. The van der Waals surface area contributed by atoms with E-state index in [0.29, 0.717) is 18.7 Å². The summed E-state index contributed by atoms with van der Waals surface area (Å²) in [6.45, 7) is 7.03. The van der Waals surface area contributed by atoms with Crippen LogP contribution in [0.1, 0.15) is 40.9 Å². The van der Waals surface area contributed by atoms with E-state index in [0.717, 1.165) is 22.0 Å². The molecule has 0 spiro atoms. The van der Waals surface area contributed by atoms with E-state index in [4.69, 9.17) is 0 Å². The van der Waals surface area contributed by atoms with E-state index >= 15 is 0 Å². The highest BCUT2D eigenvalue weighted by molar-refractivity contribution is 9.10. The van der Waals surface area contributed by atoms with Gasteiger partial charge >= 0.3 is 0 Å². The number of rotatable bonds is 9. The predicted molar refractivity (Wildman–Crippen MR) is 149 cm³/mol. The molecule has 2 amide bonds. The lowest BCUT2D eigenvalue weighted by atomic mass is 10.1. The van der Waals surface area contributed by atoms with Gasteiger partial charge in [-0.3, -0.25) is 9.59 Å². The highest BCUT2D eigenvalue weighted by Gasteiger charge is 2.25. The molecule has 1 N–H and O–H groups in total. The van der Waals surface area contributed by atoms with E-state index in [9.17, 15) is 9.59 Å². The molecule has 0 saturated carbocycles. The third kappa shape index (κ3) is 6.24. The van der Waals surface area contributed by atoms with Crippen LogP contribution >= 0.6 is 15.9 Å². The number of nitrogens with zero attached hydrogens (tertiary/aromatic N) is 2. The normalized spacial score (nSPS) is 11.1. The first-order chi connectivity index (χ1) is 17.3. The Hall–Kier alpha value is -3.38. The van der Waals surface area contributed by atoms with Gasteiger partial charge in [-0.05, 0) is 62.6 Å². The van der Waals surface area contributed by atoms with Gasteiger partial charge in [0, 0.05) is 46.3 Å². The minimum Gasteiger partial charge on any atom is -0.361 e. The molecule has 0 atom stereocenters. The zero-order valence-corrected chi connectivity index (χ0v) is 22.6. The Kier molecular flexibility index (Phi) is 8.26. The number of fused-ring (bicyclic) bond motifs is 1. The maximum Gasteiger partial charge on any atom is 0.254 e. The first-order valence-electron chi connectivity index (χ1n) is 12.3. The number of halogens is 1. The lowest BCUT2D eigenvalue weighted by molar-refractivity contribution is -0.132. The summed E-state index contributed by atoms with van der Waals surface area (Å²) in [4.78, 5) is 33.8. The smallest absolute Gasteiger partial charge is 0.254 e. The van der Waals surface area contributed by atoms with Gasteiger partial charge in [0.05, 0.1) is 0 Å². The largest absolute Gasteiger partial charge is 0.361 e. The first-order valence-corrected chi connectivity index (χ1v) is 13.1. The fraction of sp³-hybridized carbons (Fsp3) is 0.267. The number of H-pyrrole nitrogens is 1. The van der Waals surface area contributed by atoms with Gasteiger partial charge in [0.1, 0.15) is 6.54 Å². The average Bonchev–Trinajstić information content (AvgIpc) is 3.28. The van der Waals surface area contributed by atoms with E-state index in [1.807, 2.05) is 49.2 Å². The van der Waals surface area contributed by atoms with E-state index < -0.39 is 0 Å². The Morgan fingerprint density at radius 3 is 2.44 bits per heavy atom. The van der Waals surface area contributed by atoms with E-state index in [1.54, 1.807) is 17.0 Å². The predicted octanol–water partition coefficient (Wildman–Crippen LogP) is 6.36. The zero-order chi connectivity index (χ0) is 25.7. The zero-order valence-electron chi connectivity index (χ0n) is 21.0. The van der Waals surface area contributed by atoms with Gasteiger partial charge in [0.15, 0.2) is 0 Å². The van der Waals surface area contributed by atoms with Gasteiger partial charge in [0.2, 0.25) is 5.91 Å². The fourth-order valence-electron chi connectivity index (χ4n) is 4.32. The SMILES string of the molecule is Cc1ccc(CN(CCc2c[nH]c3ccccc23)C(=O)CN(C(=O)c2cccc(Br)c2)C(C)C)cc1. The van der Waals surface area contributed by atoms with Crippen LogP contribution in [0.25, 0.3) is 10.9 Å². The van der Waals surface area contributed by atoms with E-state index in [-0.39, 0.29) is 24.4 Å². The van der Waals surface area contributed by atoms with Crippen molar-refractivity contribution in [2.75, 3.05) is 13.1 Å². The van der Waals surface area contributed by atoms with Crippen molar-refractivity contribution in [1.82, 2.24) is 14.8 Å². The minimum atomic E-state index is -0.147. The van der Waals surface area contributed by atoms with Gasteiger partial charge < -0.3 is 14.8 Å². The number of para-hydroxylation sites is 1. The second-order valence-electron chi connectivity index (χ2n) is 9.45. The fourth-order valence-corrected chi connectivity index (χ4v) is 4.72. The molecule has 0 aliphatic heterocycles. The molecule has 4 aromatic rings. The van der Waals surface area contributed by atoms with Crippen molar-refractivity contribution < 1.29 is 9.59 Å². The number of carbonyl (C=O) groups is 2. The van der Waals surface area contributed by atoms with Crippen molar-refractivity contribution in [3.8, 4) is 0 Å². The highest BCUT2D eigenvalue weighted by atomic mass is 79.9. The lowest BCUT2D eigenvalue weighted by Crippen LogP contribution is -2.46. The molecule has 0 aliphatic carbocycles. The molecule has 0 bridgehead atoms. The van der Waals surface area contributed by atoms with Crippen LogP contribution in [0.15, 0.2) is 83.5 Å². The Morgan fingerprint density at radius 2 is 1.72 bits per heavy atom.